The van der Waals surface area contributed by atoms with Crippen molar-refractivity contribution >= 4 is 23.1 Å². The summed E-state index contributed by atoms with van der Waals surface area (Å²) in [6, 6.07) is 0. The second-order valence-electron chi connectivity index (χ2n) is 5.17. The van der Waals surface area contributed by atoms with E-state index in [4.69, 9.17) is 22.7 Å². The smallest absolute Gasteiger partial charge is 0.233 e. The number of nitrogens with one attached hydrogen (secondary N) is 1. The molecule has 0 unspecified atom stereocenters. The van der Waals surface area contributed by atoms with Crippen LogP contribution in [-0.4, -0.2) is 30.7 Å². The van der Waals surface area contributed by atoms with Gasteiger partial charge in [-0.3, -0.25) is 4.79 Å². The monoisotopic (exact) mass is 302 g/mol. The lowest BCUT2D eigenvalue weighted by Gasteiger charge is -2.31. The van der Waals surface area contributed by atoms with Crippen LogP contribution in [0.1, 0.15) is 59.3 Å². The van der Waals surface area contributed by atoms with Crippen molar-refractivity contribution in [1.29, 1.82) is 0 Å². The van der Waals surface area contributed by atoms with Crippen molar-refractivity contribution in [3.05, 3.63) is 0 Å². The molecule has 0 fully saturated rings. The van der Waals surface area contributed by atoms with Crippen molar-refractivity contribution in [1.82, 2.24) is 5.32 Å². The molecule has 0 aromatic rings. The highest BCUT2D eigenvalue weighted by Gasteiger charge is 2.39. The molecule has 5 heteroatoms. The van der Waals surface area contributed by atoms with Gasteiger partial charge in [0.1, 0.15) is 0 Å². The first kappa shape index (κ1) is 19.3. The number of hydrogen-bond donors (Lipinski definition) is 2. The maximum absolute atomic E-state index is 12.5. The van der Waals surface area contributed by atoms with Crippen LogP contribution in [0.5, 0.6) is 0 Å². The molecule has 0 aliphatic heterocycles. The number of amides is 1. The molecule has 0 aromatic carbocycles. The summed E-state index contributed by atoms with van der Waals surface area (Å²) in [5.41, 5.74) is 5.18. The first-order valence-electron chi connectivity index (χ1n) is 7.71. The van der Waals surface area contributed by atoms with E-state index in [1.54, 1.807) is 0 Å². The highest BCUT2D eigenvalue weighted by atomic mass is 32.1. The molecule has 0 aliphatic rings. The van der Waals surface area contributed by atoms with Gasteiger partial charge in [0.05, 0.1) is 10.4 Å². The predicted octanol–water partition coefficient (Wildman–Crippen LogP) is 2.79. The number of hydrogen-bond acceptors (Lipinski definition) is 3. The van der Waals surface area contributed by atoms with Crippen LogP contribution >= 0.6 is 12.2 Å². The average Bonchev–Trinajstić information content (AvgIpc) is 2.41. The minimum absolute atomic E-state index is 0.0239. The van der Waals surface area contributed by atoms with Gasteiger partial charge in [0.2, 0.25) is 5.91 Å². The zero-order chi connectivity index (χ0) is 15.4. The molecule has 0 aromatic heterocycles. The van der Waals surface area contributed by atoms with Gasteiger partial charge in [-0.2, -0.15) is 0 Å². The minimum atomic E-state index is -0.677. The zero-order valence-electron chi connectivity index (χ0n) is 13.2. The Morgan fingerprint density at radius 2 is 1.75 bits per heavy atom. The van der Waals surface area contributed by atoms with E-state index in [9.17, 15) is 4.79 Å². The van der Waals surface area contributed by atoms with Gasteiger partial charge in [0.15, 0.2) is 0 Å². The largest absolute Gasteiger partial charge is 0.392 e. The molecule has 3 N–H and O–H groups in total. The SMILES string of the molecule is CCCOCCCNC(=O)C(CCC)(CCC)C(N)=S. The number of thiocarbonyl (C=S) groups is 1. The summed E-state index contributed by atoms with van der Waals surface area (Å²) in [6.45, 7) is 8.24. The normalized spacial score (nSPS) is 11.3. The molecule has 0 bridgehead atoms. The lowest BCUT2D eigenvalue weighted by atomic mass is 9.78. The fraction of sp³-hybridized carbons (Fsp3) is 0.867. The lowest BCUT2D eigenvalue weighted by Crippen LogP contribution is -2.49. The third kappa shape index (κ3) is 6.18. The minimum Gasteiger partial charge on any atom is -0.392 e. The van der Waals surface area contributed by atoms with Crippen molar-refractivity contribution in [2.24, 2.45) is 11.1 Å². The van der Waals surface area contributed by atoms with Crippen LogP contribution in [0.2, 0.25) is 0 Å². The summed E-state index contributed by atoms with van der Waals surface area (Å²) in [7, 11) is 0. The summed E-state index contributed by atoms with van der Waals surface area (Å²) in [5.74, 6) is -0.0239. The van der Waals surface area contributed by atoms with Gasteiger partial charge in [0.25, 0.3) is 0 Å². The van der Waals surface area contributed by atoms with Crippen LogP contribution in [0, 0.1) is 5.41 Å². The second-order valence-corrected chi connectivity index (χ2v) is 5.61. The fourth-order valence-corrected chi connectivity index (χ4v) is 2.65. The van der Waals surface area contributed by atoms with Gasteiger partial charge in [0, 0.05) is 19.8 Å². The molecular weight excluding hydrogens is 272 g/mol. The van der Waals surface area contributed by atoms with Crippen molar-refractivity contribution in [3.8, 4) is 0 Å². The Morgan fingerprint density at radius 1 is 1.15 bits per heavy atom. The Kier molecular flexibility index (Phi) is 10.7. The van der Waals surface area contributed by atoms with Crippen LogP contribution in [0.25, 0.3) is 0 Å². The molecule has 0 saturated heterocycles. The molecule has 0 atom stereocenters. The number of ether oxygens (including phenoxy) is 1. The molecule has 0 spiro atoms. The first-order valence-corrected chi connectivity index (χ1v) is 8.11. The summed E-state index contributed by atoms with van der Waals surface area (Å²) < 4.78 is 5.39. The van der Waals surface area contributed by atoms with Gasteiger partial charge in [-0.15, -0.1) is 0 Å². The predicted molar refractivity (Wildman–Crippen MR) is 87.8 cm³/mol. The summed E-state index contributed by atoms with van der Waals surface area (Å²) in [4.78, 5) is 12.8. The topological polar surface area (TPSA) is 64.3 Å². The quantitative estimate of drug-likeness (QED) is 0.430. The molecule has 20 heavy (non-hydrogen) atoms. The molecule has 0 saturated carbocycles. The van der Waals surface area contributed by atoms with Crippen molar-refractivity contribution in [3.63, 3.8) is 0 Å². The van der Waals surface area contributed by atoms with Crippen molar-refractivity contribution in [2.45, 2.75) is 59.3 Å². The van der Waals surface area contributed by atoms with Crippen LogP contribution < -0.4 is 11.1 Å². The Labute approximate surface area is 128 Å². The highest BCUT2D eigenvalue weighted by Crippen LogP contribution is 2.30. The van der Waals surface area contributed by atoms with E-state index in [0.717, 1.165) is 32.3 Å². The standard InChI is InChI=1S/C15H30N2O2S/c1-4-8-15(9-5-2,13(16)20)14(18)17-10-7-12-19-11-6-3/h4-12H2,1-3H3,(H2,16,20)(H,17,18). The molecule has 0 heterocycles. The molecule has 0 aliphatic carbocycles. The Morgan fingerprint density at radius 3 is 2.20 bits per heavy atom. The summed E-state index contributed by atoms with van der Waals surface area (Å²) in [5, 5.41) is 2.97. The van der Waals surface area contributed by atoms with E-state index in [0.29, 0.717) is 31.0 Å². The maximum Gasteiger partial charge on any atom is 0.233 e. The summed E-state index contributed by atoms with van der Waals surface area (Å²) >= 11 is 5.16. The molecule has 118 valence electrons. The van der Waals surface area contributed by atoms with Crippen LogP contribution in [0.3, 0.4) is 0 Å². The van der Waals surface area contributed by atoms with Gasteiger partial charge in [-0.05, 0) is 25.7 Å². The van der Waals surface area contributed by atoms with E-state index < -0.39 is 5.41 Å². The molecule has 1 amide bonds. The zero-order valence-corrected chi connectivity index (χ0v) is 14.0. The lowest BCUT2D eigenvalue weighted by molar-refractivity contribution is -0.128. The van der Waals surface area contributed by atoms with Crippen LogP contribution in [0.15, 0.2) is 0 Å². The van der Waals surface area contributed by atoms with Gasteiger partial charge in [-0.1, -0.05) is 45.8 Å². The van der Waals surface area contributed by atoms with E-state index in [-0.39, 0.29) is 5.91 Å². The summed E-state index contributed by atoms with van der Waals surface area (Å²) in [6.07, 6.45) is 5.05. The molecule has 0 radical (unpaired) electrons. The van der Waals surface area contributed by atoms with Gasteiger partial charge in [-0.25, -0.2) is 0 Å². The molecular formula is C15H30N2O2S. The second kappa shape index (κ2) is 11.0. The van der Waals surface area contributed by atoms with E-state index in [2.05, 4.69) is 26.1 Å². The third-order valence-electron chi connectivity index (χ3n) is 3.36. The van der Waals surface area contributed by atoms with Gasteiger partial charge >= 0.3 is 0 Å². The Bertz CT molecular complexity index is 290. The molecule has 0 rings (SSSR count). The number of carbonyl (C=O) groups is 1. The van der Waals surface area contributed by atoms with E-state index >= 15 is 0 Å². The number of nitrogens with two attached hydrogens (primary N) is 1. The highest BCUT2D eigenvalue weighted by molar-refractivity contribution is 7.80. The average molecular weight is 302 g/mol. The Balaban J connectivity index is 4.37. The maximum atomic E-state index is 12.5. The van der Waals surface area contributed by atoms with E-state index in [1.165, 1.54) is 0 Å². The Hall–Kier alpha value is -0.680. The van der Waals surface area contributed by atoms with Crippen LogP contribution in [-0.2, 0) is 9.53 Å². The van der Waals surface area contributed by atoms with Crippen molar-refractivity contribution in [2.75, 3.05) is 19.8 Å². The van der Waals surface area contributed by atoms with E-state index in [1.807, 2.05) is 0 Å². The van der Waals surface area contributed by atoms with Gasteiger partial charge < -0.3 is 15.8 Å². The number of carbonyl (C=O) groups excluding carboxylic acids is 1. The van der Waals surface area contributed by atoms with Crippen molar-refractivity contribution < 1.29 is 9.53 Å². The fourth-order valence-electron chi connectivity index (χ4n) is 2.36. The van der Waals surface area contributed by atoms with Crippen LogP contribution in [0.4, 0.5) is 0 Å². The number of rotatable bonds is 12. The first-order chi connectivity index (χ1) is 9.55. The third-order valence-corrected chi connectivity index (χ3v) is 3.75. The molecule has 4 nitrogen and oxygen atoms in total.